The lowest BCUT2D eigenvalue weighted by Gasteiger charge is -2.22. The average molecular weight is 266 g/mol. The third-order valence-electron chi connectivity index (χ3n) is 3.01. The van der Waals surface area contributed by atoms with Crippen LogP contribution in [-0.2, 0) is 10.3 Å². The number of methoxy groups -OCH3 is 2. The van der Waals surface area contributed by atoms with Gasteiger partial charge < -0.3 is 20.1 Å². The minimum Gasteiger partial charge on any atom is -0.493 e. The first-order valence-corrected chi connectivity index (χ1v) is 5.78. The Morgan fingerprint density at radius 2 is 1.89 bits per heavy atom. The van der Waals surface area contributed by atoms with Gasteiger partial charge in [0.1, 0.15) is 5.54 Å². The Morgan fingerprint density at radius 3 is 2.39 bits per heavy atom. The molecule has 0 radical (unpaired) electrons. The summed E-state index contributed by atoms with van der Waals surface area (Å²) >= 11 is 4.96. The van der Waals surface area contributed by atoms with Gasteiger partial charge in [-0.05, 0) is 36.8 Å². The van der Waals surface area contributed by atoms with Crippen molar-refractivity contribution in [1.82, 2.24) is 10.6 Å². The van der Waals surface area contributed by atoms with E-state index in [0.29, 0.717) is 16.6 Å². The lowest BCUT2D eigenvalue weighted by Crippen LogP contribution is -2.40. The van der Waals surface area contributed by atoms with Crippen molar-refractivity contribution in [2.24, 2.45) is 0 Å². The summed E-state index contributed by atoms with van der Waals surface area (Å²) in [6.45, 7) is 1.77. The third-order valence-corrected chi connectivity index (χ3v) is 3.21. The minimum absolute atomic E-state index is 0.181. The second kappa shape index (κ2) is 4.45. The molecule has 0 aliphatic carbocycles. The molecule has 1 aliphatic heterocycles. The van der Waals surface area contributed by atoms with Crippen molar-refractivity contribution < 1.29 is 14.3 Å². The van der Waals surface area contributed by atoms with Crippen molar-refractivity contribution in [3.05, 3.63) is 23.8 Å². The molecule has 96 valence electrons. The number of carbonyl (C=O) groups is 1. The number of nitrogens with one attached hydrogen (secondary N) is 2. The molecular weight excluding hydrogens is 252 g/mol. The van der Waals surface area contributed by atoms with Gasteiger partial charge in [0.25, 0.3) is 5.91 Å². The third kappa shape index (κ3) is 1.88. The fourth-order valence-electron chi connectivity index (χ4n) is 1.89. The maximum atomic E-state index is 11.9. The van der Waals surface area contributed by atoms with Crippen molar-refractivity contribution in [3.63, 3.8) is 0 Å². The lowest BCUT2D eigenvalue weighted by molar-refractivity contribution is -0.123. The Labute approximate surface area is 110 Å². The highest BCUT2D eigenvalue weighted by Crippen LogP contribution is 2.33. The average Bonchev–Trinajstić information content (AvgIpc) is 2.63. The van der Waals surface area contributed by atoms with E-state index in [9.17, 15) is 4.79 Å². The Bertz CT molecular complexity index is 518. The van der Waals surface area contributed by atoms with Crippen molar-refractivity contribution in [2.45, 2.75) is 12.5 Å². The van der Waals surface area contributed by atoms with Gasteiger partial charge in [0.2, 0.25) is 0 Å². The molecule has 2 rings (SSSR count). The number of amides is 1. The number of hydrogen-bond acceptors (Lipinski definition) is 4. The van der Waals surface area contributed by atoms with Gasteiger partial charge in [0.05, 0.1) is 14.2 Å². The van der Waals surface area contributed by atoms with Gasteiger partial charge in [0, 0.05) is 0 Å². The monoisotopic (exact) mass is 266 g/mol. The number of ether oxygens (including phenoxy) is 2. The van der Waals surface area contributed by atoms with Crippen molar-refractivity contribution >= 4 is 23.2 Å². The zero-order valence-corrected chi connectivity index (χ0v) is 11.2. The van der Waals surface area contributed by atoms with E-state index in [0.717, 1.165) is 5.56 Å². The molecule has 5 nitrogen and oxygen atoms in total. The van der Waals surface area contributed by atoms with E-state index in [2.05, 4.69) is 10.6 Å². The largest absolute Gasteiger partial charge is 0.493 e. The van der Waals surface area contributed by atoms with Crippen LogP contribution in [0.5, 0.6) is 11.5 Å². The predicted octanol–water partition coefficient (Wildman–Crippen LogP) is 0.923. The van der Waals surface area contributed by atoms with Crippen molar-refractivity contribution in [3.8, 4) is 11.5 Å². The second-order valence-electron chi connectivity index (χ2n) is 4.10. The van der Waals surface area contributed by atoms with E-state index < -0.39 is 5.54 Å². The fourth-order valence-corrected chi connectivity index (χ4v) is 2.19. The summed E-state index contributed by atoms with van der Waals surface area (Å²) in [5.74, 6) is 1.01. The molecule has 1 unspecified atom stereocenters. The van der Waals surface area contributed by atoms with Crippen LogP contribution in [-0.4, -0.2) is 25.2 Å². The fraction of sp³-hybridized carbons (Fsp3) is 0.333. The Hall–Kier alpha value is -1.82. The maximum absolute atomic E-state index is 11.9. The summed E-state index contributed by atoms with van der Waals surface area (Å²) in [6.07, 6.45) is 0. The zero-order valence-electron chi connectivity index (χ0n) is 10.4. The van der Waals surface area contributed by atoms with Crippen LogP contribution in [0.4, 0.5) is 0 Å². The second-order valence-corrected chi connectivity index (χ2v) is 4.51. The van der Waals surface area contributed by atoms with E-state index >= 15 is 0 Å². The highest BCUT2D eigenvalue weighted by molar-refractivity contribution is 7.80. The molecule has 2 N–H and O–H groups in total. The van der Waals surface area contributed by atoms with Gasteiger partial charge in [0.15, 0.2) is 16.6 Å². The molecule has 0 bridgehead atoms. The molecule has 1 aliphatic rings. The Morgan fingerprint density at radius 1 is 1.22 bits per heavy atom. The van der Waals surface area contributed by atoms with E-state index in [1.807, 2.05) is 6.07 Å². The molecule has 1 atom stereocenters. The molecule has 1 fully saturated rings. The predicted molar refractivity (Wildman–Crippen MR) is 70.8 cm³/mol. The first-order valence-electron chi connectivity index (χ1n) is 5.37. The van der Waals surface area contributed by atoms with Crippen LogP contribution in [0, 0.1) is 0 Å². The maximum Gasteiger partial charge on any atom is 0.256 e. The molecule has 1 heterocycles. The minimum atomic E-state index is -0.878. The number of hydrogen-bond donors (Lipinski definition) is 2. The summed E-state index contributed by atoms with van der Waals surface area (Å²) in [6, 6.07) is 5.33. The van der Waals surface area contributed by atoms with Crippen LogP contribution in [0.15, 0.2) is 18.2 Å². The van der Waals surface area contributed by atoms with Crippen LogP contribution in [0.25, 0.3) is 0 Å². The smallest absolute Gasteiger partial charge is 0.256 e. The number of thiocarbonyl (C=S) groups is 1. The lowest BCUT2D eigenvalue weighted by atomic mass is 9.92. The molecule has 1 aromatic rings. The number of benzene rings is 1. The summed E-state index contributed by atoms with van der Waals surface area (Å²) < 4.78 is 10.4. The van der Waals surface area contributed by atoms with Crippen LogP contribution < -0.4 is 20.1 Å². The molecule has 1 amide bonds. The first-order chi connectivity index (χ1) is 8.51. The van der Waals surface area contributed by atoms with E-state index in [1.54, 1.807) is 33.3 Å². The summed E-state index contributed by atoms with van der Waals surface area (Å²) in [5, 5.41) is 5.87. The zero-order chi connectivity index (χ0) is 13.3. The molecule has 1 aromatic carbocycles. The highest BCUT2D eigenvalue weighted by atomic mass is 32.1. The van der Waals surface area contributed by atoms with Crippen LogP contribution in [0.3, 0.4) is 0 Å². The van der Waals surface area contributed by atoms with E-state index in [4.69, 9.17) is 21.7 Å². The number of rotatable bonds is 3. The Balaban J connectivity index is 2.45. The standard InChI is InChI=1S/C12H14N2O3S/c1-12(10(15)13-11(18)14-12)7-4-5-8(16-2)9(6-7)17-3/h4-6H,1-3H3,(H2,13,14,15,18). The van der Waals surface area contributed by atoms with Crippen LogP contribution >= 0.6 is 12.2 Å². The summed E-state index contributed by atoms with van der Waals surface area (Å²) in [5.41, 5.74) is -0.117. The first kappa shape index (κ1) is 12.6. The summed E-state index contributed by atoms with van der Waals surface area (Å²) in [4.78, 5) is 11.9. The van der Waals surface area contributed by atoms with Gasteiger partial charge >= 0.3 is 0 Å². The molecule has 1 saturated heterocycles. The quantitative estimate of drug-likeness (QED) is 0.797. The van der Waals surface area contributed by atoms with Crippen LogP contribution in [0.2, 0.25) is 0 Å². The van der Waals surface area contributed by atoms with E-state index in [1.165, 1.54) is 0 Å². The topological polar surface area (TPSA) is 59.6 Å². The van der Waals surface area contributed by atoms with Crippen molar-refractivity contribution in [1.29, 1.82) is 0 Å². The van der Waals surface area contributed by atoms with Gasteiger partial charge in [-0.15, -0.1) is 0 Å². The molecule has 0 aromatic heterocycles. The van der Waals surface area contributed by atoms with Gasteiger partial charge in [-0.2, -0.15) is 0 Å². The molecule has 6 heteroatoms. The molecule has 18 heavy (non-hydrogen) atoms. The summed E-state index contributed by atoms with van der Waals surface area (Å²) in [7, 11) is 3.12. The Kier molecular flexibility index (Phi) is 3.13. The van der Waals surface area contributed by atoms with Crippen molar-refractivity contribution in [2.75, 3.05) is 14.2 Å². The van der Waals surface area contributed by atoms with E-state index in [-0.39, 0.29) is 5.91 Å². The molecule has 0 saturated carbocycles. The van der Waals surface area contributed by atoms with Gasteiger partial charge in [-0.1, -0.05) is 6.07 Å². The number of carbonyl (C=O) groups excluding carboxylic acids is 1. The van der Waals surface area contributed by atoms with Gasteiger partial charge in [-0.3, -0.25) is 4.79 Å². The molecular formula is C12H14N2O3S. The highest BCUT2D eigenvalue weighted by Gasteiger charge is 2.42. The SMILES string of the molecule is COc1ccc(C2(C)NC(=S)NC2=O)cc1OC. The van der Waals surface area contributed by atoms with Crippen LogP contribution in [0.1, 0.15) is 12.5 Å². The molecule has 0 spiro atoms. The normalized spacial score (nSPS) is 22.4. The van der Waals surface area contributed by atoms with Gasteiger partial charge in [-0.25, -0.2) is 0 Å².